The number of allylic oxidation sites excluding steroid dienone is 14. The number of hydrogen-bond acceptors (Lipinski definition) is 5. The molecule has 3 atom stereocenters. The molecule has 6 heteroatoms. The van der Waals surface area contributed by atoms with Crippen molar-refractivity contribution >= 4 is 11.9 Å². The van der Waals surface area contributed by atoms with E-state index in [1.165, 1.54) is 89.9 Å². The third-order valence-corrected chi connectivity index (χ3v) is 11.2. The summed E-state index contributed by atoms with van der Waals surface area (Å²) in [6, 6.07) is -0.726. The van der Waals surface area contributed by atoms with Crippen LogP contribution in [0.4, 0.5) is 0 Å². The van der Waals surface area contributed by atoms with E-state index in [1.54, 1.807) is 0 Å². The summed E-state index contributed by atoms with van der Waals surface area (Å²) in [5.41, 5.74) is 0. The standard InChI is InChI=1S/C56H97NO5/c1-4-7-10-13-16-19-22-25-27-28-31-34-37-40-43-46-49-56(61)62-52(47-44-41-38-35-32-29-24-21-18-15-12-9-6-3)50-55(60)57-53(51-58)54(59)48-45-42-39-36-33-30-26-23-20-17-14-11-8-5-2/h7,10,16,18-19,21,24-25,27,29,31,34,40,43,52-54,58-59H,4-6,8-9,11-15,17,20,22-23,26,28,30,32-33,35-39,41-42,44-51H2,1-3H3,(H,57,60)/b10-7+,19-16+,21-18+,27-25+,29-24+,34-31+,43-40+. The normalized spacial score (nSPS) is 14.0. The van der Waals surface area contributed by atoms with Crippen molar-refractivity contribution in [3.8, 4) is 0 Å². The van der Waals surface area contributed by atoms with Crippen LogP contribution in [0, 0.1) is 0 Å². The fraction of sp³-hybridized carbons (Fsp3) is 0.714. The number of aliphatic hydroxyl groups is 2. The lowest BCUT2D eigenvalue weighted by atomic mass is 10.0. The number of rotatable bonds is 45. The van der Waals surface area contributed by atoms with Crippen LogP contribution < -0.4 is 5.32 Å². The molecule has 0 aromatic rings. The predicted octanol–water partition coefficient (Wildman–Crippen LogP) is 15.6. The maximum Gasteiger partial charge on any atom is 0.306 e. The van der Waals surface area contributed by atoms with Crippen LogP contribution in [0.3, 0.4) is 0 Å². The van der Waals surface area contributed by atoms with E-state index < -0.39 is 18.2 Å². The first-order valence-corrected chi connectivity index (χ1v) is 25.8. The van der Waals surface area contributed by atoms with E-state index in [0.29, 0.717) is 19.3 Å². The van der Waals surface area contributed by atoms with Crippen molar-refractivity contribution < 1.29 is 24.5 Å². The summed E-state index contributed by atoms with van der Waals surface area (Å²) in [6.07, 6.45) is 63.6. The lowest BCUT2D eigenvalue weighted by Crippen LogP contribution is -2.46. The lowest BCUT2D eigenvalue weighted by Gasteiger charge is -2.24. The SMILES string of the molecule is CC/C=C/C/C=C/C/C=C/C/C=C/C/C=C/CCC(=O)OC(CCCCCC/C=C/C=C/CCCCC)CC(=O)NC(CO)C(O)CCCCCCCCCCCCCCCC. The third-order valence-electron chi connectivity index (χ3n) is 11.2. The number of amides is 1. The van der Waals surface area contributed by atoms with Crippen LogP contribution in [0.5, 0.6) is 0 Å². The molecule has 1 amide bonds. The Balaban J connectivity index is 4.71. The van der Waals surface area contributed by atoms with Crippen molar-refractivity contribution in [2.75, 3.05) is 6.61 Å². The van der Waals surface area contributed by atoms with Gasteiger partial charge in [0.15, 0.2) is 0 Å². The Hall–Kier alpha value is -2.96. The Morgan fingerprint density at radius 3 is 1.42 bits per heavy atom. The van der Waals surface area contributed by atoms with E-state index in [9.17, 15) is 19.8 Å². The molecule has 62 heavy (non-hydrogen) atoms. The molecule has 0 aromatic heterocycles. The molecule has 0 rings (SSSR count). The maximum atomic E-state index is 13.2. The highest BCUT2D eigenvalue weighted by atomic mass is 16.5. The topological polar surface area (TPSA) is 95.9 Å². The molecule has 0 aliphatic rings. The zero-order valence-electron chi connectivity index (χ0n) is 40.5. The molecule has 0 saturated heterocycles. The molecule has 3 unspecified atom stereocenters. The second-order valence-electron chi connectivity index (χ2n) is 17.2. The van der Waals surface area contributed by atoms with Gasteiger partial charge in [-0.15, -0.1) is 0 Å². The van der Waals surface area contributed by atoms with Crippen LogP contribution in [0.15, 0.2) is 85.1 Å². The summed E-state index contributed by atoms with van der Waals surface area (Å²) >= 11 is 0. The monoisotopic (exact) mass is 864 g/mol. The molecule has 0 spiro atoms. The smallest absolute Gasteiger partial charge is 0.306 e. The van der Waals surface area contributed by atoms with Crippen molar-refractivity contribution in [3.05, 3.63) is 85.1 Å². The highest BCUT2D eigenvalue weighted by Crippen LogP contribution is 2.17. The minimum atomic E-state index is -0.809. The van der Waals surface area contributed by atoms with Gasteiger partial charge in [0, 0.05) is 6.42 Å². The summed E-state index contributed by atoms with van der Waals surface area (Å²) in [4.78, 5) is 26.1. The zero-order chi connectivity index (χ0) is 45.2. The lowest BCUT2D eigenvalue weighted by molar-refractivity contribution is -0.150. The fourth-order valence-corrected chi connectivity index (χ4v) is 7.35. The van der Waals surface area contributed by atoms with E-state index in [1.807, 2.05) is 6.08 Å². The van der Waals surface area contributed by atoms with E-state index in [4.69, 9.17) is 4.74 Å². The molecule has 0 heterocycles. The van der Waals surface area contributed by atoms with Gasteiger partial charge in [0.25, 0.3) is 0 Å². The number of aliphatic hydroxyl groups excluding tert-OH is 2. The number of carbonyl (C=O) groups is 2. The van der Waals surface area contributed by atoms with Crippen molar-refractivity contribution in [2.45, 2.75) is 251 Å². The van der Waals surface area contributed by atoms with E-state index >= 15 is 0 Å². The van der Waals surface area contributed by atoms with Gasteiger partial charge in [0.1, 0.15) is 6.10 Å². The Morgan fingerprint density at radius 2 is 0.919 bits per heavy atom. The van der Waals surface area contributed by atoms with Crippen LogP contribution in [0.25, 0.3) is 0 Å². The van der Waals surface area contributed by atoms with Gasteiger partial charge < -0.3 is 20.3 Å². The first-order valence-electron chi connectivity index (χ1n) is 25.8. The van der Waals surface area contributed by atoms with Crippen molar-refractivity contribution in [1.29, 1.82) is 0 Å². The number of carbonyl (C=O) groups excluding carboxylic acids is 2. The Kier molecular flexibility index (Phi) is 46.7. The summed E-state index contributed by atoms with van der Waals surface area (Å²) in [5.74, 6) is -0.597. The molecule has 0 aliphatic heterocycles. The number of esters is 1. The largest absolute Gasteiger partial charge is 0.462 e. The summed E-state index contributed by atoms with van der Waals surface area (Å²) < 4.78 is 5.88. The van der Waals surface area contributed by atoms with E-state index in [0.717, 1.165) is 89.9 Å². The number of ether oxygens (including phenoxy) is 1. The van der Waals surface area contributed by atoms with E-state index in [-0.39, 0.29) is 31.3 Å². The molecule has 0 radical (unpaired) electrons. The van der Waals surface area contributed by atoms with Crippen LogP contribution in [0.2, 0.25) is 0 Å². The van der Waals surface area contributed by atoms with Crippen LogP contribution in [-0.4, -0.2) is 46.9 Å². The van der Waals surface area contributed by atoms with Crippen LogP contribution >= 0.6 is 0 Å². The van der Waals surface area contributed by atoms with E-state index in [2.05, 4.69) is 105 Å². The highest BCUT2D eigenvalue weighted by Gasteiger charge is 2.24. The van der Waals surface area contributed by atoms with Gasteiger partial charge in [-0.1, -0.05) is 221 Å². The highest BCUT2D eigenvalue weighted by molar-refractivity contribution is 5.77. The van der Waals surface area contributed by atoms with Gasteiger partial charge in [-0.2, -0.15) is 0 Å². The van der Waals surface area contributed by atoms with Crippen molar-refractivity contribution in [2.24, 2.45) is 0 Å². The first kappa shape index (κ1) is 59.0. The average Bonchev–Trinajstić information content (AvgIpc) is 3.26. The molecule has 0 aromatic carbocycles. The van der Waals surface area contributed by atoms with Gasteiger partial charge in [-0.25, -0.2) is 0 Å². The minimum absolute atomic E-state index is 0.0306. The summed E-state index contributed by atoms with van der Waals surface area (Å²) in [6.45, 7) is 6.31. The molecular weight excluding hydrogens is 767 g/mol. The van der Waals surface area contributed by atoms with Crippen molar-refractivity contribution in [3.63, 3.8) is 0 Å². The second-order valence-corrected chi connectivity index (χ2v) is 17.2. The Bertz CT molecular complexity index is 1200. The van der Waals surface area contributed by atoms with Gasteiger partial charge in [-0.3, -0.25) is 9.59 Å². The number of hydrogen-bond donors (Lipinski definition) is 3. The van der Waals surface area contributed by atoms with Crippen molar-refractivity contribution in [1.82, 2.24) is 5.32 Å². The van der Waals surface area contributed by atoms with Gasteiger partial charge in [-0.05, 0) is 83.5 Å². The number of unbranched alkanes of at least 4 members (excludes halogenated alkanes) is 20. The van der Waals surface area contributed by atoms with Gasteiger partial charge in [0.05, 0.1) is 25.2 Å². The average molecular weight is 864 g/mol. The summed E-state index contributed by atoms with van der Waals surface area (Å²) in [5, 5.41) is 23.8. The first-order chi connectivity index (χ1) is 30.5. The Morgan fingerprint density at radius 1 is 0.500 bits per heavy atom. The molecule has 0 fully saturated rings. The van der Waals surface area contributed by atoms with Gasteiger partial charge in [0.2, 0.25) is 5.91 Å². The zero-order valence-corrected chi connectivity index (χ0v) is 40.5. The summed E-state index contributed by atoms with van der Waals surface area (Å²) in [7, 11) is 0. The second kappa shape index (κ2) is 49.1. The molecule has 0 aliphatic carbocycles. The molecule has 0 bridgehead atoms. The molecular formula is C56H97NO5. The van der Waals surface area contributed by atoms with Crippen LogP contribution in [-0.2, 0) is 14.3 Å². The third kappa shape index (κ3) is 43.7. The number of nitrogens with one attached hydrogen (secondary N) is 1. The maximum absolute atomic E-state index is 13.2. The van der Waals surface area contributed by atoms with Crippen LogP contribution in [0.1, 0.15) is 233 Å². The quantitative estimate of drug-likeness (QED) is 0.0245. The molecule has 3 N–H and O–H groups in total. The predicted molar refractivity (Wildman–Crippen MR) is 268 cm³/mol. The fourth-order valence-electron chi connectivity index (χ4n) is 7.35. The molecule has 0 saturated carbocycles. The molecule has 6 nitrogen and oxygen atoms in total. The molecule has 356 valence electrons. The van der Waals surface area contributed by atoms with Gasteiger partial charge >= 0.3 is 5.97 Å². The minimum Gasteiger partial charge on any atom is -0.462 e. The Labute approximate surface area is 383 Å².